The first kappa shape index (κ1) is 21.9. The molecule has 2 aromatic rings. The van der Waals surface area contributed by atoms with Crippen LogP contribution in [0.25, 0.3) is 11.1 Å². The van der Waals surface area contributed by atoms with E-state index in [1.165, 1.54) is 18.3 Å². The highest BCUT2D eigenvalue weighted by molar-refractivity contribution is 5.75. The number of piperazine rings is 1. The second-order valence-corrected chi connectivity index (χ2v) is 9.44. The van der Waals surface area contributed by atoms with Gasteiger partial charge >= 0.3 is 6.09 Å². The van der Waals surface area contributed by atoms with E-state index in [-0.39, 0.29) is 17.1 Å². The average Bonchev–Trinajstić information content (AvgIpc) is 3.24. The summed E-state index contributed by atoms with van der Waals surface area (Å²) in [6.45, 7) is 7.29. The van der Waals surface area contributed by atoms with Crippen molar-refractivity contribution in [3.05, 3.63) is 46.8 Å². The number of likely N-dealkylation sites (tertiary alicyclic amines) is 1. The van der Waals surface area contributed by atoms with E-state index in [9.17, 15) is 14.0 Å². The van der Waals surface area contributed by atoms with Gasteiger partial charge in [0.1, 0.15) is 11.6 Å². The number of aromatic nitrogens is 2. The molecule has 2 aromatic heterocycles. The van der Waals surface area contributed by atoms with Crippen LogP contribution >= 0.6 is 0 Å². The molecule has 0 unspecified atom stereocenters. The minimum atomic E-state index is -0.415. The molecule has 1 saturated carbocycles. The Morgan fingerprint density at radius 3 is 2.79 bits per heavy atom. The van der Waals surface area contributed by atoms with Gasteiger partial charge in [0.05, 0.1) is 12.8 Å². The van der Waals surface area contributed by atoms with Gasteiger partial charge in [-0.15, -0.1) is 0 Å². The number of carbonyl (C=O) groups excluding carboxylic acids is 1. The molecular weight excluding hydrogens is 425 g/mol. The van der Waals surface area contributed by atoms with Crippen molar-refractivity contribution in [2.45, 2.75) is 32.2 Å². The van der Waals surface area contributed by atoms with E-state index in [1.54, 1.807) is 12.3 Å². The molecule has 4 heterocycles. The van der Waals surface area contributed by atoms with Crippen LogP contribution in [0.4, 0.5) is 15.0 Å². The van der Waals surface area contributed by atoms with Crippen LogP contribution in [0.3, 0.4) is 0 Å². The van der Waals surface area contributed by atoms with Crippen LogP contribution in [0.15, 0.2) is 35.4 Å². The number of ether oxygens (including phenoxy) is 1. The number of amides is 1. The Morgan fingerprint density at radius 2 is 2.06 bits per heavy atom. The Balaban J connectivity index is 1.21. The van der Waals surface area contributed by atoms with E-state index >= 15 is 0 Å². The second-order valence-electron chi connectivity index (χ2n) is 9.44. The first-order valence-electron chi connectivity index (χ1n) is 11.7. The smallest absolute Gasteiger partial charge is 0.409 e. The predicted molar refractivity (Wildman–Crippen MR) is 123 cm³/mol. The predicted octanol–water partition coefficient (Wildman–Crippen LogP) is 2.71. The lowest BCUT2D eigenvalue weighted by molar-refractivity contribution is -0.00294. The molecule has 0 radical (unpaired) electrons. The van der Waals surface area contributed by atoms with Gasteiger partial charge in [0.15, 0.2) is 0 Å². The number of carbonyl (C=O) groups is 1. The molecule has 0 aromatic carbocycles. The number of rotatable bonds is 4. The minimum Gasteiger partial charge on any atom is -0.450 e. The summed E-state index contributed by atoms with van der Waals surface area (Å²) in [5.41, 5.74) is 1.33. The molecule has 8 nitrogen and oxygen atoms in total. The monoisotopic (exact) mass is 455 g/mol. The number of halogens is 1. The molecule has 5 rings (SSSR count). The van der Waals surface area contributed by atoms with Crippen molar-refractivity contribution in [2.75, 3.05) is 50.8 Å². The third-order valence-electron chi connectivity index (χ3n) is 7.30. The van der Waals surface area contributed by atoms with E-state index in [1.807, 2.05) is 11.8 Å². The zero-order valence-corrected chi connectivity index (χ0v) is 18.9. The number of aromatic amines is 1. The molecule has 2 saturated heterocycles. The Labute approximate surface area is 192 Å². The minimum absolute atomic E-state index is 0.191. The third-order valence-corrected chi connectivity index (χ3v) is 7.30. The largest absolute Gasteiger partial charge is 0.450 e. The van der Waals surface area contributed by atoms with Gasteiger partial charge in [-0.3, -0.25) is 9.69 Å². The van der Waals surface area contributed by atoms with Gasteiger partial charge < -0.3 is 19.5 Å². The van der Waals surface area contributed by atoms with Gasteiger partial charge in [-0.25, -0.2) is 14.2 Å². The molecule has 1 atom stereocenters. The third kappa shape index (κ3) is 4.34. The van der Waals surface area contributed by atoms with Crippen molar-refractivity contribution in [1.82, 2.24) is 19.8 Å². The van der Waals surface area contributed by atoms with Gasteiger partial charge in [-0.05, 0) is 43.9 Å². The summed E-state index contributed by atoms with van der Waals surface area (Å²) < 4.78 is 19.1. The van der Waals surface area contributed by atoms with Crippen LogP contribution in [0, 0.1) is 11.2 Å². The zero-order valence-electron chi connectivity index (χ0n) is 18.9. The van der Waals surface area contributed by atoms with Crippen molar-refractivity contribution < 1.29 is 13.9 Å². The van der Waals surface area contributed by atoms with Crippen LogP contribution in [-0.4, -0.2) is 77.8 Å². The summed E-state index contributed by atoms with van der Waals surface area (Å²) in [7, 11) is 0. The van der Waals surface area contributed by atoms with Crippen LogP contribution in [0.5, 0.6) is 0 Å². The first-order valence-corrected chi connectivity index (χ1v) is 11.7. The lowest BCUT2D eigenvalue weighted by Crippen LogP contribution is -2.58. The number of nitrogens with zero attached hydrogens (tertiary/aromatic N) is 4. The molecule has 1 spiro atoms. The van der Waals surface area contributed by atoms with Crippen LogP contribution in [0.1, 0.15) is 26.2 Å². The maximum atomic E-state index is 14.0. The normalized spacial score (nSPS) is 22.4. The summed E-state index contributed by atoms with van der Waals surface area (Å²) >= 11 is 0. The molecule has 0 bridgehead atoms. The fourth-order valence-electron chi connectivity index (χ4n) is 5.69. The summed E-state index contributed by atoms with van der Waals surface area (Å²) in [6, 6.07) is 5.24. The lowest BCUT2D eigenvalue weighted by atomic mass is 9.78. The van der Waals surface area contributed by atoms with Crippen molar-refractivity contribution in [3.8, 4) is 11.1 Å². The second kappa shape index (κ2) is 8.78. The SMILES string of the molecule is CCOC(=O)N1CC2(CC[C@@H](N3CCN(c4ncc(F)cc4-c4cc[nH]c(=O)c4)CC3)C2)C1. The molecule has 2 aliphatic heterocycles. The van der Waals surface area contributed by atoms with Gasteiger partial charge in [0.25, 0.3) is 0 Å². The van der Waals surface area contributed by atoms with Gasteiger partial charge in [-0.1, -0.05) is 0 Å². The zero-order chi connectivity index (χ0) is 23.0. The number of hydrogen-bond donors (Lipinski definition) is 1. The molecular formula is C24H30FN5O3. The molecule has 1 N–H and O–H groups in total. The highest BCUT2D eigenvalue weighted by Gasteiger charge is 2.51. The highest BCUT2D eigenvalue weighted by Crippen LogP contribution is 2.47. The molecule has 176 valence electrons. The van der Waals surface area contributed by atoms with Crippen molar-refractivity contribution >= 4 is 11.9 Å². The fourth-order valence-corrected chi connectivity index (χ4v) is 5.69. The summed E-state index contributed by atoms with van der Waals surface area (Å²) in [5.74, 6) is 0.301. The first-order chi connectivity index (χ1) is 16.0. The van der Waals surface area contributed by atoms with Gasteiger partial charge in [-0.2, -0.15) is 0 Å². The maximum Gasteiger partial charge on any atom is 0.409 e. The van der Waals surface area contributed by atoms with Crippen molar-refractivity contribution in [2.24, 2.45) is 5.41 Å². The van der Waals surface area contributed by atoms with E-state index in [0.717, 1.165) is 58.5 Å². The highest BCUT2D eigenvalue weighted by atomic mass is 19.1. The van der Waals surface area contributed by atoms with Gasteiger partial charge in [0, 0.05) is 68.6 Å². The summed E-state index contributed by atoms with van der Waals surface area (Å²) in [5, 5.41) is 0. The average molecular weight is 456 g/mol. The van der Waals surface area contributed by atoms with E-state index in [4.69, 9.17) is 4.74 Å². The molecule has 3 aliphatic rings. The topological polar surface area (TPSA) is 81.8 Å². The van der Waals surface area contributed by atoms with Crippen LogP contribution in [-0.2, 0) is 4.74 Å². The molecule has 3 fully saturated rings. The lowest BCUT2D eigenvalue weighted by Gasteiger charge is -2.48. The van der Waals surface area contributed by atoms with Gasteiger partial charge in [0.2, 0.25) is 5.56 Å². The Bertz CT molecular complexity index is 1080. The molecule has 1 amide bonds. The fraction of sp³-hybridized carbons (Fsp3) is 0.542. The van der Waals surface area contributed by atoms with E-state index < -0.39 is 5.82 Å². The number of nitrogens with one attached hydrogen (secondary N) is 1. The molecule has 33 heavy (non-hydrogen) atoms. The Kier molecular flexibility index (Phi) is 5.82. The quantitative estimate of drug-likeness (QED) is 0.764. The number of hydrogen-bond acceptors (Lipinski definition) is 6. The number of pyridine rings is 2. The van der Waals surface area contributed by atoms with E-state index in [2.05, 4.69) is 19.8 Å². The Morgan fingerprint density at radius 1 is 1.27 bits per heavy atom. The number of anilines is 1. The summed E-state index contributed by atoms with van der Waals surface area (Å²) in [6.07, 6.45) is 6.05. The van der Waals surface area contributed by atoms with Crippen molar-refractivity contribution in [3.63, 3.8) is 0 Å². The molecule has 1 aliphatic carbocycles. The summed E-state index contributed by atoms with van der Waals surface area (Å²) in [4.78, 5) is 37.3. The van der Waals surface area contributed by atoms with E-state index in [0.29, 0.717) is 29.6 Å². The maximum absolute atomic E-state index is 14.0. The standard InChI is InChI=1S/C24H30FN5O3/c1-2-33-23(32)30-15-24(16-30)5-3-19(13-24)28-7-9-29(10-8-28)22-20(12-18(25)14-27-22)17-4-6-26-21(31)11-17/h4,6,11-12,14,19H,2-3,5,7-10,13,15-16H2,1H3,(H,26,31)/t19-/m1/s1. The van der Waals surface area contributed by atoms with Crippen LogP contribution in [0.2, 0.25) is 0 Å². The molecule has 9 heteroatoms. The van der Waals surface area contributed by atoms with Crippen molar-refractivity contribution in [1.29, 1.82) is 0 Å². The number of H-pyrrole nitrogens is 1. The van der Waals surface area contributed by atoms with Crippen LogP contribution < -0.4 is 10.5 Å². The Hall–Kier alpha value is -2.94.